The monoisotopic (exact) mass is 597 g/mol. The van der Waals surface area contributed by atoms with Crippen molar-refractivity contribution < 1.29 is 21.2 Å². The van der Waals surface area contributed by atoms with Crippen molar-refractivity contribution in [1.29, 1.82) is 0 Å². The first kappa shape index (κ1) is 28.9. The summed E-state index contributed by atoms with van der Waals surface area (Å²) in [5, 5.41) is 11.1. The van der Waals surface area contributed by atoms with Crippen molar-refractivity contribution in [3.05, 3.63) is 101 Å². The molecule has 0 saturated heterocycles. The Balaban J connectivity index is 1.52. The van der Waals surface area contributed by atoms with Gasteiger partial charge in [-0.3, -0.25) is 0 Å². The largest absolute Gasteiger partial charge is 0.264 e. The lowest BCUT2D eigenvalue weighted by Gasteiger charge is -2.27. The smallest absolute Gasteiger partial charge is 0.248 e. The van der Waals surface area contributed by atoms with Crippen LogP contribution in [0.5, 0.6) is 0 Å². The fourth-order valence-electron chi connectivity index (χ4n) is 5.18. The van der Waals surface area contributed by atoms with Crippen molar-refractivity contribution in [2.24, 2.45) is 15.2 Å². The van der Waals surface area contributed by atoms with Crippen molar-refractivity contribution in [3.63, 3.8) is 0 Å². The fourth-order valence-corrected chi connectivity index (χ4v) is 7.12. The third-order valence-corrected chi connectivity index (χ3v) is 10.2. The Hall–Kier alpha value is -3.61. The lowest BCUT2D eigenvalue weighted by Crippen LogP contribution is -2.42. The number of hydrogen-bond acceptors (Lipinski definition) is 6. The van der Waals surface area contributed by atoms with E-state index in [1.807, 2.05) is 37.3 Å². The van der Waals surface area contributed by atoms with Crippen LogP contribution in [-0.4, -0.2) is 51.4 Å². The van der Waals surface area contributed by atoms with Gasteiger partial charge >= 0.3 is 0 Å². The van der Waals surface area contributed by atoms with Gasteiger partial charge in [0.2, 0.25) is 16.0 Å². The first-order chi connectivity index (χ1) is 19.5. The molecule has 0 amide bonds. The number of nitrogens with zero attached hydrogens (tertiary/aromatic N) is 3. The Kier molecular flexibility index (Phi) is 8.25. The minimum atomic E-state index is -4.03. The summed E-state index contributed by atoms with van der Waals surface area (Å²) in [7, 11) is -7.69. The number of aryl methyl sites for hydroxylation is 1. The molecule has 41 heavy (non-hydrogen) atoms. The summed E-state index contributed by atoms with van der Waals surface area (Å²) in [6.07, 6.45) is 1.53. The van der Waals surface area contributed by atoms with Gasteiger partial charge in [0.1, 0.15) is 5.82 Å². The van der Waals surface area contributed by atoms with Gasteiger partial charge in [0.15, 0.2) is 0 Å². The number of nitrogens with one attached hydrogen (secondary N) is 1. The van der Waals surface area contributed by atoms with Gasteiger partial charge in [0.25, 0.3) is 10.0 Å². The van der Waals surface area contributed by atoms with Crippen LogP contribution >= 0.6 is 0 Å². The van der Waals surface area contributed by atoms with E-state index in [-0.39, 0.29) is 28.6 Å². The standard InChI is InChI=1S/C29H32FN5O4S2/c1-20-7-15-26(16-8-20)41(38,39)34-29(32-24-13-17-25(18-14-24)40(31,36)37)35-19-27(21-5-3-2-4-6-21)28(33-35)22-9-11-23(30)12-10-22/h2-12,15-16,24-25,27H,13-14,17-19H2,1H3,(H,32,34)(H2,31,36,37). The molecule has 1 atom stereocenters. The second-order valence-corrected chi connectivity index (χ2v) is 14.0. The normalized spacial score (nSPS) is 21.9. The molecule has 1 aliphatic heterocycles. The van der Waals surface area contributed by atoms with Gasteiger partial charge < -0.3 is 0 Å². The van der Waals surface area contributed by atoms with E-state index in [0.717, 1.165) is 11.1 Å². The minimum Gasteiger partial charge on any atom is -0.248 e. The van der Waals surface area contributed by atoms with E-state index in [4.69, 9.17) is 15.2 Å². The van der Waals surface area contributed by atoms with Gasteiger partial charge in [-0.15, -0.1) is 0 Å². The fraction of sp³-hybridized carbons (Fsp3) is 0.310. The van der Waals surface area contributed by atoms with Gasteiger partial charge in [-0.05, 0) is 68.0 Å². The zero-order valence-corrected chi connectivity index (χ0v) is 24.2. The van der Waals surface area contributed by atoms with Crippen LogP contribution in [-0.2, 0) is 20.0 Å². The number of nitrogens with two attached hydrogens (primary N) is 1. The number of aliphatic imine (C=N–C) groups is 1. The predicted octanol–water partition coefficient (Wildman–Crippen LogP) is 3.87. The molecule has 0 spiro atoms. The average Bonchev–Trinajstić information content (AvgIpc) is 3.39. The summed E-state index contributed by atoms with van der Waals surface area (Å²) in [4.78, 5) is 4.86. The van der Waals surface area contributed by atoms with Crippen LogP contribution < -0.4 is 9.86 Å². The van der Waals surface area contributed by atoms with Crippen molar-refractivity contribution in [2.75, 3.05) is 6.54 Å². The van der Waals surface area contributed by atoms with E-state index in [0.29, 0.717) is 43.5 Å². The molecule has 3 aromatic carbocycles. The van der Waals surface area contributed by atoms with E-state index in [9.17, 15) is 21.2 Å². The second-order valence-electron chi connectivity index (χ2n) is 10.4. The maximum absolute atomic E-state index is 13.7. The molecule has 9 nitrogen and oxygen atoms in total. The molecule has 2 aliphatic rings. The average molecular weight is 598 g/mol. The van der Waals surface area contributed by atoms with E-state index < -0.39 is 25.3 Å². The molecule has 1 saturated carbocycles. The van der Waals surface area contributed by atoms with Crippen LogP contribution in [0.1, 0.15) is 48.3 Å². The predicted molar refractivity (Wildman–Crippen MR) is 157 cm³/mol. The highest BCUT2D eigenvalue weighted by atomic mass is 32.2. The molecule has 3 aromatic rings. The Labute approximate surface area is 240 Å². The maximum Gasteiger partial charge on any atom is 0.264 e. The highest BCUT2D eigenvalue weighted by Crippen LogP contribution is 2.30. The van der Waals surface area contributed by atoms with Crippen LogP contribution in [0.2, 0.25) is 0 Å². The van der Waals surface area contributed by atoms with Crippen LogP contribution in [0.15, 0.2) is 93.9 Å². The first-order valence-corrected chi connectivity index (χ1v) is 16.4. The Morgan fingerprint density at radius 2 is 1.56 bits per heavy atom. The molecule has 1 aliphatic carbocycles. The molecule has 0 radical (unpaired) electrons. The third kappa shape index (κ3) is 6.83. The molecule has 1 heterocycles. The van der Waals surface area contributed by atoms with Crippen molar-refractivity contribution >= 4 is 31.7 Å². The van der Waals surface area contributed by atoms with E-state index in [1.165, 1.54) is 29.3 Å². The molecule has 0 bridgehead atoms. The van der Waals surface area contributed by atoms with Crippen molar-refractivity contribution in [3.8, 4) is 0 Å². The highest BCUT2D eigenvalue weighted by molar-refractivity contribution is 7.90. The number of guanidine groups is 1. The SMILES string of the molecule is Cc1ccc(S(=O)(=O)NC(=NC2CCC(S(N)(=O)=O)CC2)N2CC(c3ccccc3)C(c3ccc(F)cc3)=N2)cc1. The summed E-state index contributed by atoms with van der Waals surface area (Å²) >= 11 is 0. The Morgan fingerprint density at radius 3 is 2.17 bits per heavy atom. The maximum atomic E-state index is 13.7. The summed E-state index contributed by atoms with van der Waals surface area (Å²) in [5.74, 6) is -0.569. The summed E-state index contributed by atoms with van der Waals surface area (Å²) < 4.78 is 67.0. The van der Waals surface area contributed by atoms with Crippen molar-refractivity contribution in [2.45, 2.75) is 54.7 Å². The number of primary sulfonamides is 1. The second kappa shape index (κ2) is 11.7. The number of rotatable bonds is 6. The molecule has 1 fully saturated rings. The zero-order valence-electron chi connectivity index (χ0n) is 22.5. The number of halogens is 1. The van der Waals surface area contributed by atoms with E-state index in [2.05, 4.69) is 4.72 Å². The zero-order chi connectivity index (χ0) is 29.2. The first-order valence-electron chi connectivity index (χ1n) is 13.4. The molecule has 1 unspecified atom stereocenters. The van der Waals surface area contributed by atoms with Crippen LogP contribution in [0.3, 0.4) is 0 Å². The van der Waals surface area contributed by atoms with Crippen LogP contribution in [0, 0.1) is 12.7 Å². The molecule has 5 rings (SSSR count). The quantitative estimate of drug-likeness (QED) is 0.329. The molecule has 216 valence electrons. The molecular formula is C29H32FN5O4S2. The topological polar surface area (TPSA) is 134 Å². The molecule has 3 N–H and O–H groups in total. The number of benzene rings is 3. The van der Waals surface area contributed by atoms with Gasteiger partial charge in [0, 0.05) is 5.92 Å². The Morgan fingerprint density at radius 1 is 0.927 bits per heavy atom. The van der Waals surface area contributed by atoms with Gasteiger partial charge in [-0.2, -0.15) is 5.10 Å². The van der Waals surface area contributed by atoms with E-state index in [1.54, 1.807) is 24.3 Å². The summed E-state index contributed by atoms with van der Waals surface area (Å²) in [6.45, 7) is 2.16. The summed E-state index contributed by atoms with van der Waals surface area (Å²) in [5.41, 5.74) is 3.24. The Bertz CT molecular complexity index is 1650. The lowest BCUT2D eigenvalue weighted by atomic mass is 9.91. The number of hydrazone groups is 1. The third-order valence-electron chi connectivity index (χ3n) is 7.47. The van der Waals surface area contributed by atoms with Crippen LogP contribution in [0.25, 0.3) is 0 Å². The summed E-state index contributed by atoms with van der Waals surface area (Å²) in [6, 6.07) is 21.8. The van der Waals surface area contributed by atoms with E-state index >= 15 is 0 Å². The lowest BCUT2D eigenvalue weighted by molar-refractivity contribution is 0.416. The molecule has 0 aromatic heterocycles. The number of sulfonamides is 2. The van der Waals surface area contributed by atoms with Crippen LogP contribution in [0.4, 0.5) is 4.39 Å². The molecular weight excluding hydrogens is 565 g/mol. The van der Waals surface area contributed by atoms with Gasteiger partial charge in [0.05, 0.1) is 28.4 Å². The van der Waals surface area contributed by atoms with Gasteiger partial charge in [-0.1, -0.05) is 60.2 Å². The molecule has 12 heteroatoms. The minimum absolute atomic E-state index is 0.0441. The number of hydrogen-bond donors (Lipinski definition) is 2. The van der Waals surface area contributed by atoms with Gasteiger partial charge in [-0.25, -0.2) is 41.1 Å². The highest BCUT2D eigenvalue weighted by Gasteiger charge is 2.35. The van der Waals surface area contributed by atoms with Crippen molar-refractivity contribution in [1.82, 2.24) is 9.73 Å².